The first-order valence-electron chi connectivity index (χ1n) is 7.12. The van der Waals surface area contributed by atoms with E-state index in [9.17, 15) is 19.7 Å². The molecule has 3 rings (SSSR count). The van der Waals surface area contributed by atoms with Crippen LogP contribution in [0.15, 0.2) is 42.6 Å². The Morgan fingerprint density at radius 3 is 2.65 bits per heavy atom. The van der Waals surface area contributed by atoms with Gasteiger partial charge in [0, 0.05) is 36.9 Å². The second-order valence-corrected chi connectivity index (χ2v) is 5.16. The zero-order chi connectivity index (χ0) is 16.4. The predicted molar refractivity (Wildman–Crippen MR) is 82.6 cm³/mol. The van der Waals surface area contributed by atoms with Crippen molar-refractivity contribution in [3.8, 4) is 0 Å². The Kier molecular flexibility index (Phi) is 3.84. The first-order valence-corrected chi connectivity index (χ1v) is 7.12. The number of fused-ring (bicyclic) bond motifs is 1. The van der Waals surface area contributed by atoms with Crippen LogP contribution >= 0.6 is 0 Å². The van der Waals surface area contributed by atoms with Crippen molar-refractivity contribution >= 4 is 23.2 Å². The Labute approximate surface area is 131 Å². The number of anilines is 1. The lowest BCUT2D eigenvalue weighted by molar-refractivity contribution is -0.384. The number of Topliss-reactive ketones (excluding diaryl/α,β-unsaturated/α-hetero) is 1. The van der Waals surface area contributed by atoms with Gasteiger partial charge < -0.3 is 0 Å². The molecule has 23 heavy (non-hydrogen) atoms. The topological polar surface area (TPSA) is 93.4 Å². The Morgan fingerprint density at radius 1 is 1.22 bits per heavy atom. The molecule has 0 unspecified atom stereocenters. The minimum absolute atomic E-state index is 0.0351. The number of carbonyl (C=O) groups is 2. The number of nitro groups is 1. The standard InChI is InChI=1S/C16H13N3O4/c20-14-4-2-10-18(15-13(14)3-1-9-17-15)16(21)11-5-7-12(8-6-11)19(22)23/h1,3,5-9H,2,4,10H2. The number of benzene rings is 1. The van der Waals surface area contributed by atoms with Gasteiger partial charge in [-0.15, -0.1) is 0 Å². The van der Waals surface area contributed by atoms with Crippen LogP contribution < -0.4 is 4.90 Å². The van der Waals surface area contributed by atoms with Gasteiger partial charge in [0.25, 0.3) is 11.6 Å². The molecule has 0 saturated carbocycles. The van der Waals surface area contributed by atoms with Crippen LogP contribution in [-0.2, 0) is 0 Å². The van der Waals surface area contributed by atoms with Crippen molar-refractivity contribution in [2.45, 2.75) is 12.8 Å². The third-order valence-corrected chi connectivity index (χ3v) is 3.70. The molecule has 2 aromatic rings. The summed E-state index contributed by atoms with van der Waals surface area (Å²) in [5.41, 5.74) is 0.674. The summed E-state index contributed by atoms with van der Waals surface area (Å²) in [5.74, 6) is -0.0139. The molecule has 1 aromatic heterocycles. The van der Waals surface area contributed by atoms with E-state index in [1.165, 1.54) is 35.4 Å². The molecular weight excluding hydrogens is 298 g/mol. The van der Waals surface area contributed by atoms with E-state index in [2.05, 4.69) is 4.98 Å². The molecule has 1 aromatic carbocycles. The van der Waals surface area contributed by atoms with Crippen molar-refractivity contribution in [3.05, 3.63) is 63.8 Å². The molecule has 0 radical (unpaired) electrons. The fourth-order valence-electron chi connectivity index (χ4n) is 2.55. The molecule has 0 spiro atoms. The van der Waals surface area contributed by atoms with Crippen LogP contribution in [0.2, 0.25) is 0 Å². The van der Waals surface area contributed by atoms with E-state index in [1.807, 2.05) is 0 Å². The Balaban J connectivity index is 1.97. The molecular formula is C16H13N3O4. The van der Waals surface area contributed by atoms with E-state index in [4.69, 9.17) is 0 Å². The Hall–Kier alpha value is -3.09. The van der Waals surface area contributed by atoms with Crippen molar-refractivity contribution in [1.29, 1.82) is 0 Å². The van der Waals surface area contributed by atoms with Crippen molar-refractivity contribution in [2.75, 3.05) is 11.4 Å². The number of hydrogen-bond donors (Lipinski definition) is 0. The zero-order valence-corrected chi connectivity index (χ0v) is 12.1. The normalized spacial score (nSPS) is 14.1. The molecule has 0 bridgehead atoms. The number of aromatic nitrogens is 1. The molecule has 0 saturated heterocycles. The predicted octanol–water partition coefficient (Wildman–Crippen LogP) is 2.61. The highest BCUT2D eigenvalue weighted by molar-refractivity contribution is 6.10. The fourth-order valence-corrected chi connectivity index (χ4v) is 2.55. The summed E-state index contributed by atoms with van der Waals surface area (Å²) in [6.45, 7) is 0.381. The fraction of sp³-hybridized carbons (Fsp3) is 0.188. The molecule has 0 atom stereocenters. The number of non-ortho nitro benzene ring substituents is 1. The van der Waals surface area contributed by atoms with Gasteiger partial charge in [-0.05, 0) is 30.7 Å². The van der Waals surface area contributed by atoms with Crippen LogP contribution in [-0.4, -0.2) is 28.1 Å². The van der Waals surface area contributed by atoms with Crippen molar-refractivity contribution in [3.63, 3.8) is 0 Å². The average molecular weight is 311 g/mol. The summed E-state index contributed by atoms with van der Waals surface area (Å²) < 4.78 is 0. The van der Waals surface area contributed by atoms with Crippen LogP contribution in [0.25, 0.3) is 0 Å². The molecule has 7 heteroatoms. The van der Waals surface area contributed by atoms with Crippen LogP contribution in [0.4, 0.5) is 11.5 Å². The Morgan fingerprint density at radius 2 is 1.96 bits per heavy atom. The lowest BCUT2D eigenvalue weighted by Crippen LogP contribution is -2.32. The minimum Gasteiger partial charge on any atom is -0.294 e. The molecule has 1 aliphatic heterocycles. The van der Waals surface area contributed by atoms with Gasteiger partial charge in [-0.1, -0.05) is 0 Å². The zero-order valence-electron chi connectivity index (χ0n) is 12.1. The van der Waals surface area contributed by atoms with E-state index >= 15 is 0 Å². The van der Waals surface area contributed by atoms with Crippen molar-refractivity contribution in [1.82, 2.24) is 4.98 Å². The van der Waals surface area contributed by atoms with Crippen molar-refractivity contribution in [2.24, 2.45) is 0 Å². The smallest absolute Gasteiger partial charge is 0.269 e. The summed E-state index contributed by atoms with van der Waals surface area (Å²) in [5, 5.41) is 10.7. The first kappa shape index (κ1) is 14.8. The largest absolute Gasteiger partial charge is 0.294 e. The van der Waals surface area contributed by atoms with Gasteiger partial charge in [-0.25, -0.2) is 4.98 Å². The third kappa shape index (κ3) is 2.80. The second-order valence-electron chi connectivity index (χ2n) is 5.16. The average Bonchev–Trinajstić information content (AvgIpc) is 2.74. The van der Waals surface area contributed by atoms with E-state index in [0.717, 1.165) is 0 Å². The number of carbonyl (C=O) groups excluding carboxylic acids is 2. The summed E-state index contributed by atoms with van der Waals surface area (Å²) in [4.78, 5) is 40.6. The quantitative estimate of drug-likeness (QED) is 0.627. The second kappa shape index (κ2) is 5.96. The highest BCUT2D eigenvalue weighted by Gasteiger charge is 2.27. The maximum absolute atomic E-state index is 12.7. The van der Waals surface area contributed by atoms with Crippen LogP contribution in [0, 0.1) is 10.1 Å². The van der Waals surface area contributed by atoms with E-state index in [1.54, 1.807) is 12.1 Å². The van der Waals surface area contributed by atoms with Gasteiger partial charge in [0.2, 0.25) is 0 Å². The molecule has 1 amide bonds. The molecule has 7 nitrogen and oxygen atoms in total. The lowest BCUT2D eigenvalue weighted by Gasteiger charge is -2.21. The Bertz CT molecular complexity index is 786. The van der Waals surface area contributed by atoms with Gasteiger partial charge in [0.05, 0.1) is 10.5 Å². The maximum Gasteiger partial charge on any atom is 0.269 e. The third-order valence-electron chi connectivity index (χ3n) is 3.70. The number of nitrogens with zero attached hydrogens (tertiary/aromatic N) is 3. The molecule has 0 aliphatic carbocycles. The van der Waals surface area contributed by atoms with Crippen LogP contribution in [0.1, 0.15) is 33.6 Å². The number of hydrogen-bond acceptors (Lipinski definition) is 5. The van der Waals surface area contributed by atoms with E-state index in [0.29, 0.717) is 36.3 Å². The highest BCUT2D eigenvalue weighted by Crippen LogP contribution is 2.25. The molecule has 0 N–H and O–H groups in total. The number of ketones is 1. The van der Waals surface area contributed by atoms with Gasteiger partial charge in [-0.2, -0.15) is 0 Å². The van der Waals surface area contributed by atoms with Gasteiger partial charge in [0.15, 0.2) is 5.78 Å². The maximum atomic E-state index is 12.7. The number of amides is 1. The van der Waals surface area contributed by atoms with Crippen molar-refractivity contribution < 1.29 is 14.5 Å². The first-order chi connectivity index (χ1) is 11.1. The van der Waals surface area contributed by atoms with Gasteiger partial charge in [0.1, 0.15) is 5.82 Å². The summed E-state index contributed by atoms with van der Waals surface area (Å²) in [7, 11) is 0. The van der Waals surface area contributed by atoms with E-state index < -0.39 is 4.92 Å². The highest BCUT2D eigenvalue weighted by atomic mass is 16.6. The SMILES string of the molecule is O=C1CCCN(C(=O)c2ccc([N+](=O)[O-])cc2)c2ncccc21. The lowest BCUT2D eigenvalue weighted by atomic mass is 10.1. The molecule has 116 valence electrons. The summed E-state index contributed by atoms with van der Waals surface area (Å²) in [6.07, 6.45) is 2.45. The number of nitro benzene ring substituents is 1. The minimum atomic E-state index is -0.518. The van der Waals surface area contributed by atoms with Gasteiger partial charge in [-0.3, -0.25) is 24.6 Å². The summed E-state index contributed by atoms with van der Waals surface area (Å²) >= 11 is 0. The van der Waals surface area contributed by atoms with Crippen LogP contribution in [0.5, 0.6) is 0 Å². The number of pyridine rings is 1. The van der Waals surface area contributed by atoms with E-state index in [-0.39, 0.29) is 17.4 Å². The molecule has 2 heterocycles. The summed E-state index contributed by atoms with van der Waals surface area (Å²) in [6, 6.07) is 8.72. The van der Waals surface area contributed by atoms with Crippen LogP contribution in [0.3, 0.4) is 0 Å². The molecule has 1 aliphatic rings. The number of rotatable bonds is 2. The van der Waals surface area contributed by atoms with Gasteiger partial charge >= 0.3 is 0 Å². The molecule has 0 fully saturated rings. The monoisotopic (exact) mass is 311 g/mol.